The molecule has 1 aromatic heterocycles. The van der Waals surface area contributed by atoms with Crippen LogP contribution < -0.4 is 0 Å². The molecule has 3 aromatic rings. The zero-order valence-electron chi connectivity index (χ0n) is 15.1. The van der Waals surface area contributed by atoms with E-state index in [2.05, 4.69) is 0 Å². The van der Waals surface area contributed by atoms with Crippen LogP contribution in [0.25, 0.3) is 23.0 Å². The van der Waals surface area contributed by atoms with Crippen LogP contribution in [0.5, 0.6) is 0 Å². The standard InChI is InChI=1S/C22H14F3NO3/c1-13-10-15(21(27)28)4-8-19(13)20-9-7-18(29-20)11-16(12-26)14-2-5-17(6-3-14)22(23,24)25/h2-11H,1H3,(H,27,28)/b16-11-. The van der Waals surface area contributed by atoms with E-state index in [4.69, 9.17) is 9.52 Å². The van der Waals surface area contributed by atoms with Gasteiger partial charge in [-0.25, -0.2) is 4.79 Å². The molecule has 7 heteroatoms. The Morgan fingerprint density at radius 1 is 1.07 bits per heavy atom. The summed E-state index contributed by atoms with van der Waals surface area (Å²) >= 11 is 0. The fourth-order valence-corrected chi connectivity index (χ4v) is 2.81. The van der Waals surface area contributed by atoms with E-state index in [-0.39, 0.29) is 11.1 Å². The predicted molar refractivity (Wildman–Crippen MR) is 101 cm³/mol. The Bertz CT molecular complexity index is 1130. The Kier molecular flexibility index (Phi) is 5.29. The number of halogens is 3. The summed E-state index contributed by atoms with van der Waals surface area (Å²) < 4.78 is 43.8. The average molecular weight is 397 g/mol. The van der Waals surface area contributed by atoms with Crippen LogP contribution in [0.4, 0.5) is 13.2 Å². The van der Waals surface area contributed by atoms with Crippen LogP contribution in [0, 0.1) is 18.3 Å². The maximum atomic E-state index is 12.7. The minimum atomic E-state index is -4.45. The van der Waals surface area contributed by atoms with Crippen molar-refractivity contribution in [2.24, 2.45) is 0 Å². The number of carboxylic acids is 1. The van der Waals surface area contributed by atoms with Crippen LogP contribution in [-0.2, 0) is 6.18 Å². The molecule has 0 unspecified atom stereocenters. The Labute approximate surface area is 164 Å². The van der Waals surface area contributed by atoms with Gasteiger partial charge in [-0.05, 0) is 60.5 Å². The van der Waals surface area contributed by atoms with Gasteiger partial charge in [0.05, 0.1) is 22.8 Å². The van der Waals surface area contributed by atoms with Crippen molar-refractivity contribution in [3.63, 3.8) is 0 Å². The number of hydrogen-bond donors (Lipinski definition) is 1. The van der Waals surface area contributed by atoms with E-state index in [1.807, 2.05) is 6.07 Å². The van der Waals surface area contributed by atoms with Crippen LogP contribution in [-0.4, -0.2) is 11.1 Å². The first-order valence-corrected chi connectivity index (χ1v) is 8.42. The van der Waals surface area contributed by atoms with Gasteiger partial charge in [-0.2, -0.15) is 18.4 Å². The molecule has 0 saturated carbocycles. The third-order valence-electron chi connectivity index (χ3n) is 4.30. The van der Waals surface area contributed by atoms with Gasteiger partial charge in [-0.15, -0.1) is 0 Å². The topological polar surface area (TPSA) is 74.2 Å². The van der Waals surface area contributed by atoms with Gasteiger partial charge in [-0.1, -0.05) is 18.2 Å². The van der Waals surface area contributed by atoms with Crippen molar-refractivity contribution in [3.05, 3.63) is 82.6 Å². The smallest absolute Gasteiger partial charge is 0.416 e. The second kappa shape index (κ2) is 7.68. The van der Waals surface area contributed by atoms with Gasteiger partial charge in [0.2, 0.25) is 0 Å². The highest BCUT2D eigenvalue weighted by atomic mass is 19.4. The van der Waals surface area contributed by atoms with Gasteiger partial charge in [0.1, 0.15) is 11.5 Å². The molecule has 146 valence electrons. The Balaban J connectivity index is 1.90. The molecule has 0 saturated heterocycles. The second-order valence-corrected chi connectivity index (χ2v) is 6.28. The lowest BCUT2D eigenvalue weighted by atomic mass is 10.0. The number of aromatic carboxylic acids is 1. The number of rotatable bonds is 4. The molecule has 29 heavy (non-hydrogen) atoms. The number of allylic oxidation sites excluding steroid dienone is 1. The third kappa shape index (κ3) is 4.38. The molecule has 0 fully saturated rings. The Hall–Kier alpha value is -3.79. The van der Waals surface area contributed by atoms with Crippen molar-refractivity contribution < 1.29 is 27.5 Å². The van der Waals surface area contributed by atoms with Gasteiger partial charge in [0, 0.05) is 5.56 Å². The highest BCUT2D eigenvalue weighted by Crippen LogP contribution is 2.31. The SMILES string of the molecule is Cc1cc(C(=O)O)ccc1-c1ccc(/C=C(/C#N)c2ccc(C(F)(F)F)cc2)o1. The van der Waals surface area contributed by atoms with Gasteiger partial charge in [-0.3, -0.25) is 0 Å². The monoisotopic (exact) mass is 397 g/mol. The molecular formula is C22H14F3NO3. The number of hydrogen-bond acceptors (Lipinski definition) is 3. The van der Waals surface area contributed by atoms with Crippen molar-refractivity contribution in [2.45, 2.75) is 13.1 Å². The molecule has 0 aliphatic heterocycles. The Morgan fingerprint density at radius 2 is 1.72 bits per heavy atom. The van der Waals surface area contributed by atoms with Crippen LogP contribution in [0.2, 0.25) is 0 Å². The predicted octanol–water partition coefficient (Wildman–Crippen LogP) is 6.04. The summed E-state index contributed by atoms with van der Waals surface area (Å²) in [6.45, 7) is 1.75. The molecule has 1 heterocycles. The van der Waals surface area contributed by atoms with Gasteiger partial charge in [0.15, 0.2) is 0 Å². The van der Waals surface area contributed by atoms with E-state index in [9.17, 15) is 23.2 Å². The van der Waals surface area contributed by atoms with Crippen LogP contribution >= 0.6 is 0 Å². The van der Waals surface area contributed by atoms with Crippen LogP contribution in [0.3, 0.4) is 0 Å². The molecule has 0 bridgehead atoms. The van der Waals surface area contributed by atoms with E-state index >= 15 is 0 Å². The van der Waals surface area contributed by atoms with Crippen LogP contribution in [0.1, 0.15) is 32.8 Å². The summed E-state index contributed by atoms with van der Waals surface area (Å²) in [4.78, 5) is 11.0. The zero-order valence-corrected chi connectivity index (χ0v) is 15.1. The lowest BCUT2D eigenvalue weighted by Crippen LogP contribution is -2.04. The molecule has 0 spiro atoms. The third-order valence-corrected chi connectivity index (χ3v) is 4.30. The molecule has 0 radical (unpaired) electrons. The molecule has 4 nitrogen and oxygen atoms in total. The van der Waals surface area contributed by atoms with Gasteiger partial charge < -0.3 is 9.52 Å². The summed E-state index contributed by atoms with van der Waals surface area (Å²) in [7, 11) is 0. The fraction of sp³-hybridized carbons (Fsp3) is 0.0909. The molecule has 0 atom stereocenters. The minimum Gasteiger partial charge on any atom is -0.478 e. The maximum Gasteiger partial charge on any atom is 0.416 e. The Morgan fingerprint density at radius 3 is 2.28 bits per heavy atom. The minimum absolute atomic E-state index is 0.151. The molecule has 1 N–H and O–H groups in total. The summed E-state index contributed by atoms with van der Waals surface area (Å²) in [5, 5.41) is 18.4. The van der Waals surface area contributed by atoms with E-state index in [0.29, 0.717) is 28.2 Å². The van der Waals surface area contributed by atoms with E-state index in [1.54, 1.807) is 25.1 Å². The number of nitriles is 1. The summed E-state index contributed by atoms with van der Waals surface area (Å²) in [5.41, 5.74) is 1.25. The highest BCUT2D eigenvalue weighted by Gasteiger charge is 2.30. The van der Waals surface area contributed by atoms with E-state index < -0.39 is 17.7 Å². The number of alkyl halides is 3. The first-order valence-electron chi connectivity index (χ1n) is 8.42. The fourth-order valence-electron chi connectivity index (χ4n) is 2.81. The molecule has 0 amide bonds. The van der Waals surface area contributed by atoms with Crippen molar-refractivity contribution in [1.82, 2.24) is 0 Å². The lowest BCUT2D eigenvalue weighted by molar-refractivity contribution is -0.137. The van der Waals surface area contributed by atoms with Crippen molar-refractivity contribution in [2.75, 3.05) is 0 Å². The number of carboxylic acid groups (broad SMARTS) is 1. The average Bonchev–Trinajstić information content (AvgIpc) is 3.13. The van der Waals surface area contributed by atoms with Gasteiger partial charge >= 0.3 is 12.1 Å². The van der Waals surface area contributed by atoms with Crippen molar-refractivity contribution in [3.8, 4) is 17.4 Å². The first kappa shape index (κ1) is 20.0. The van der Waals surface area contributed by atoms with E-state index in [1.165, 1.54) is 30.3 Å². The van der Waals surface area contributed by atoms with Crippen molar-refractivity contribution in [1.29, 1.82) is 5.26 Å². The van der Waals surface area contributed by atoms with Gasteiger partial charge in [0.25, 0.3) is 0 Å². The number of carbonyl (C=O) groups is 1. The summed E-state index contributed by atoms with van der Waals surface area (Å²) in [5.74, 6) is -0.202. The number of benzene rings is 2. The summed E-state index contributed by atoms with van der Waals surface area (Å²) in [6.07, 6.45) is -3.01. The molecule has 0 aliphatic carbocycles. The van der Waals surface area contributed by atoms with Crippen LogP contribution in [0.15, 0.2) is 59.0 Å². The lowest BCUT2D eigenvalue weighted by Gasteiger charge is -2.07. The summed E-state index contributed by atoms with van der Waals surface area (Å²) in [6, 6.07) is 14.2. The molecule has 3 rings (SSSR count). The molecule has 2 aromatic carbocycles. The maximum absolute atomic E-state index is 12.7. The van der Waals surface area contributed by atoms with E-state index in [0.717, 1.165) is 12.1 Å². The molecule has 0 aliphatic rings. The second-order valence-electron chi connectivity index (χ2n) is 6.28. The van der Waals surface area contributed by atoms with Crippen molar-refractivity contribution >= 4 is 17.6 Å². The zero-order chi connectivity index (χ0) is 21.2. The quantitative estimate of drug-likeness (QED) is 0.545. The number of nitrogens with zero attached hydrogens (tertiary/aromatic N) is 1. The normalized spacial score (nSPS) is 11.9. The highest BCUT2D eigenvalue weighted by molar-refractivity contribution is 5.90. The number of aryl methyl sites for hydroxylation is 1. The first-order chi connectivity index (χ1) is 13.7. The number of furan rings is 1. The molecular weight excluding hydrogens is 383 g/mol. The largest absolute Gasteiger partial charge is 0.478 e.